The SMILES string of the molecule is COc1ccc(OC)c(CCNC(=O)Cc2ccc(NC3=N[C@H]4CS(=O)(=O)C[C@@H]4S3)cc2)c1. The number of nitrogens with zero attached hydrogens (tertiary/aromatic N) is 1. The molecule has 2 aliphatic heterocycles. The molecule has 1 fully saturated rings. The molecule has 2 atom stereocenters. The van der Waals surface area contributed by atoms with E-state index < -0.39 is 9.84 Å². The number of rotatable bonds is 8. The fourth-order valence-electron chi connectivity index (χ4n) is 3.91. The molecule has 2 heterocycles. The Morgan fingerprint density at radius 1 is 1.12 bits per heavy atom. The van der Waals surface area contributed by atoms with Crippen LogP contribution in [-0.2, 0) is 27.5 Å². The van der Waals surface area contributed by atoms with E-state index in [0.717, 1.165) is 33.5 Å². The fraction of sp³-hybridized carbons (Fsp3) is 0.391. The number of carbonyl (C=O) groups excluding carboxylic acids is 1. The zero-order valence-electron chi connectivity index (χ0n) is 18.5. The summed E-state index contributed by atoms with van der Waals surface area (Å²) in [6, 6.07) is 13.1. The summed E-state index contributed by atoms with van der Waals surface area (Å²) in [4.78, 5) is 16.9. The van der Waals surface area contributed by atoms with Gasteiger partial charge in [0.15, 0.2) is 15.0 Å². The van der Waals surface area contributed by atoms with Crippen LogP contribution in [0.4, 0.5) is 5.69 Å². The number of thioether (sulfide) groups is 1. The summed E-state index contributed by atoms with van der Waals surface area (Å²) in [7, 11) is 0.285. The monoisotopic (exact) mass is 489 g/mol. The average Bonchev–Trinajstić information content (AvgIpc) is 3.27. The number of benzene rings is 2. The lowest BCUT2D eigenvalue weighted by Crippen LogP contribution is -2.27. The Bertz CT molecular complexity index is 1150. The lowest BCUT2D eigenvalue weighted by Gasteiger charge is -2.11. The van der Waals surface area contributed by atoms with Gasteiger partial charge in [-0.2, -0.15) is 0 Å². The molecule has 2 aromatic carbocycles. The van der Waals surface area contributed by atoms with Crippen LogP contribution in [0.25, 0.3) is 0 Å². The molecular weight excluding hydrogens is 462 g/mol. The molecule has 0 saturated carbocycles. The van der Waals surface area contributed by atoms with Crippen LogP contribution in [0.2, 0.25) is 0 Å². The lowest BCUT2D eigenvalue weighted by molar-refractivity contribution is -0.120. The number of aliphatic imine (C=N–C) groups is 1. The van der Waals surface area contributed by atoms with Crippen LogP contribution in [0.15, 0.2) is 47.5 Å². The van der Waals surface area contributed by atoms with Gasteiger partial charge < -0.3 is 20.1 Å². The van der Waals surface area contributed by atoms with Gasteiger partial charge in [0.2, 0.25) is 5.91 Å². The number of hydrogen-bond donors (Lipinski definition) is 2. The first kappa shape index (κ1) is 23.4. The molecule has 4 rings (SSSR count). The van der Waals surface area contributed by atoms with Gasteiger partial charge in [0, 0.05) is 17.5 Å². The summed E-state index contributed by atoms with van der Waals surface area (Å²) < 4.78 is 34.0. The number of nitrogens with one attached hydrogen (secondary N) is 2. The minimum atomic E-state index is -2.95. The molecule has 0 bridgehead atoms. The van der Waals surface area contributed by atoms with Gasteiger partial charge in [-0.1, -0.05) is 23.9 Å². The van der Waals surface area contributed by atoms with Gasteiger partial charge >= 0.3 is 0 Å². The van der Waals surface area contributed by atoms with Crippen LogP contribution in [0, 0.1) is 0 Å². The number of anilines is 1. The van der Waals surface area contributed by atoms with Crippen molar-refractivity contribution in [3.63, 3.8) is 0 Å². The minimum absolute atomic E-state index is 0.0115. The maximum atomic E-state index is 12.4. The van der Waals surface area contributed by atoms with Crippen molar-refractivity contribution in [2.75, 3.05) is 37.6 Å². The van der Waals surface area contributed by atoms with E-state index in [-0.39, 0.29) is 35.1 Å². The number of sulfone groups is 1. The Labute approximate surface area is 198 Å². The van der Waals surface area contributed by atoms with E-state index in [0.29, 0.717) is 13.0 Å². The summed E-state index contributed by atoms with van der Waals surface area (Å²) in [5.74, 6) is 1.79. The standard InChI is InChI=1S/C23H27N3O5S2/c1-30-18-7-8-20(31-2)16(12-18)9-10-24-22(27)11-15-3-5-17(6-4-15)25-23-26-19-13-33(28,29)14-21(19)32-23/h3-8,12,19,21H,9-11,13-14H2,1-2H3,(H,24,27)(H,25,26)/t19-,21-/m0/s1. The largest absolute Gasteiger partial charge is 0.497 e. The number of amides is 1. The van der Waals surface area contributed by atoms with Crippen LogP contribution in [0.3, 0.4) is 0 Å². The van der Waals surface area contributed by atoms with E-state index in [1.807, 2.05) is 42.5 Å². The summed E-state index contributed by atoms with van der Waals surface area (Å²) in [6.45, 7) is 0.497. The van der Waals surface area contributed by atoms with Crippen molar-refractivity contribution in [3.05, 3.63) is 53.6 Å². The fourth-order valence-corrected chi connectivity index (χ4v) is 7.58. The predicted octanol–water partition coefficient (Wildman–Crippen LogP) is 2.29. The van der Waals surface area contributed by atoms with Crippen molar-refractivity contribution in [1.29, 1.82) is 0 Å². The molecule has 176 valence electrons. The van der Waals surface area contributed by atoms with Gasteiger partial charge in [-0.25, -0.2) is 8.42 Å². The molecule has 0 aliphatic carbocycles. The second-order valence-corrected chi connectivity index (χ2v) is 11.4. The summed E-state index contributed by atoms with van der Waals surface area (Å²) in [5.41, 5.74) is 2.74. The molecule has 2 N–H and O–H groups in total. The van der Waals surface area contributed by atoms with Gasteiger partial charge in [-0.15, -0.1) is 0 Å². The van der Waals surface area contributed by atoms with Gasteiger partial charge in [0.25, 0.3) is 0 Å². The maximum absolute atomic E-state index is 12.4. The smallest absolute Gasteiger partial charge is 0.224 e. The number of hydrogen-bond acceptors (Lipinski definition) is 8. The van der Waals surface area contributed by atoms with E-state index in [9.17, 15) is 13.2 Å². The summed E-state index contributed by atoms with van der Waals surface area (Å²) in [5, 5.41) is 6.95. The molecule has 0 aromatic heterocycles. The molecule has 10 heteroatoms. The molecule has 8 nitrogen and oxygen atoms in total. The molecule has 1 saturated heterocycles. The van der Waals surface area contributed by atoms with Crippen LogP contribution in [0.5, 0.6) is 11.5 Å². The molecule has 2 aliphatic rings. The Morgan fingerprint density at radius 3 is 2.61 bits per heavy atom. The molecule has 1 amide bonds. The van der Waals surface area contributed by atoms with E-state index in [1.165, 1.54) is 11.8 Å². The number of ether oxygens (including phenoxy) is 2. The number of methoxy groups -OCH3 is 2. The van der Waals surface area contributed by atoms with E-state index in [4.69, 9.17) is 9.47 Å². The highest BCUT2D eigenvalue weighted by Crippen LogP contribution is 2.34. The van der Waals surface area contributed by atoms with Crippen LogP contribution in [0.1, 0.15) is 11.1 Å². The first-order valence-electron chi connectivity index (χ1n) is 10.6. The van der Waals surface area contributed by atoms with E-state index >= 15 is 0 Å². The topological polar surface area (TPSA) is 106 Å². The second-order valence-electron chi connectivity index (χ2n) is 8.01. The van der Waals surface area contributed by atoms with Crippen LogP contribution >= 0.6 is 11.8 Å². The first-order chi connectivity index (χ1) is 15.8. The third-order valence-corrected chi connectivity index (χ3v) is 8.73. The van der Waals surface area contributed by atoms with E-state index in [1.54, 1.807) is 14.2 Å². The third-order valence-electron chi connectivity index (χ3n) is 5.59. The Hall–Kier alpha value is -2.72. The Balaban J connectivity index is 1.24. The van der Waals surface area contributed by atoms with Crippen molar-refractivity contribution in [3.8, 4) is 11.5 Å². The maximum Gasteiger partial charge on any atom is 0.224 e. The Morgan fingerprint density at radius 2 is 1.91 bits per heavy atom. The predicted molar refractivity (Wildman–Crippen MR) is 131 cm³/mol. The quantitative estimate of drug-likeness (QED) is 0.586. The molecule has 0 spiro atoms. The Kier molecular flexibility index (Phi) is 7.14. The highest BCUT2D eigenvalue weighted by Gasteiger charge is 2.42. The average molecular weight is 490 g/mol. The third kappa shape index (κ3) is 6.00. The van der Waals surface area contributed by atoms with Gasteiger partial charge in [0.1, 0.15) is 11.5 Å². The van der Waals surface area contributed by atoms with Crippen LogP contribution in [-0.4, -0.2) is 63.1 Å². The van der Waals surface area contributed by atoms with Crippen molar-refractivity contribution in [1.82, 2.24) is 5.32 Å². The van der Waals surface area contributed by atoms with Crippen molar-refractivity contribution < 1.29 is 22.7 Å². The number of carbonyl (C=O) groups is 1. The number of amidine groups is 1. The molecule has 0 radical (unpaired) electrons. The summed E-state index contributed by atoms with van der Waals surface area (Å²) in [6.07, 6.45) is 0.922. The highest BCUT2D eigenvalue weighted by atomic mass is 32.2. The van der Waals surface area contributed by atoms with Crippen molar-refractivity contribution in [2.24, 2.45) is 4.99 Å². The molecular formula is C23H27N3O5S2. The lowest BCUT2D eigenvalue weighted by atomic mass is 10.1. The number of fused-ring (bicyclic) bond motifs is 1. The van der Waals surface area contributed by atoms with Crippen LogP contribution < -0.4 is 20.1 Å². The van der Waals surface area contributed by atoms with E-state index in [2.05, 4.69) is 15.6 Å². The van der Waals surface area contributed by atoms with Crippen molar-refractivity contribution >= 4 is 38.4 Å². The van der Waals surface area contributed by atoms with Crippen molar-refractivity contribution in [2.45, 2.75) is 24.1 Å². The second kappa shape index (κ2) is 10.0. The zero-order chi connectivity index (χ0) is 23.4. The molecule has 0 unspecified atom stereocenters. The molecule has 2 aromatic rings. The van der Waals surface area contributed by atoms with Gasteiger partial charge in [-0.05, 0) is 47.9 Å². The van der Waals surface area contributed by atoms with Gasteiger partial charge in [0.05, 0.1) is 38.2 Å². The minimum Gasteiger partial charge on any atom is -0.497 e. The molecule has 33 heavy (non-hydrogen) atoms. The zero-order valence-corrected chi connectivity index (χ0v) is 20.2. The highest BCUT2D eigenvalue weighted by molar-refractivity contribution is 8.15. The summed E-state index contributed by atoms with van der Waals surface area (Å²) >= 11 is 1.48. The van der Waals surface area contributed by atoms with Gasteiger partial charge in [-0.3, -0.25) is 9.79 Å². The normalized spacial score (nSPS) is 20.6. The first-order valence-corrected chi connectivity index (χ1v) is 13.3.